The molecule has 1 aromatic rings. The topological polar surface area (TPSA) is 50.3 Å². The monoisotopic (exact) mass is 270 g/mol. The first kappa shape index (κ1) is 13.4. The smallest absolute Gasteiger partial charge is 0.198 e. The van der Waals surface area contributed by atoms with Crippen LogP contribution in [0.5, 0.6) is 5.75 Å². The van der Waals surface area contributed by atoms with E-state index in [0.29, 0.717) is 16.7 Å². The predicted octanol–water partition coefficient (Wildman–Crippen LogP) is 2.03. The van der Waals surface area contributed by atoms with Crippen molar-refractivity contribution in [3.63, 3.8) is 0 Å². The Labute approximate surface area is 113 Å². The van der Waals surface area contributed by atoms with Gasteiger partial charge in [-0.1, -0.05) is 11.6 Å². The number of anilines is 1. The van der Waals surface area contributed by atoms with E-state index in [1.54, 1.807) is 7.11 Å². The van der Waals surface area contributed by atoms with Crippen molar-refractivity contribution in [2.45, 2.75) is 24.8 Å². The minimum atomic E-state index is 0.225. The van der Waals surface area contributed by atoms with Gasteiger partial charge in [0.05, 0.1) is 7.11 Å². The molecule has 1 aliphatic rings. The molecule has 0 spiro atoms. The lowest BCUT2D eigenvalue weighted by Crippen LogP contribution is -2.54. The molecule has 1 aromatic heterocycles. The fourth-order valence-corrected chi connectivity index (χ4v) is 2.48. The highest BCUT2D eigenvalue weighted by Gasteiger charge is 2.39. The molecule has 1 heterocycles. The molecule has 1 N–H and O–H groups in total. The molecule has 0 unspecified atom stereocenters. The largest absolute Gasteiger partial charge is 0.490 e. The summed E-state index contributed by atoms with van der Waals surface area (Å²) in [4.78, 5) is 10.4. The Morgan fingerprint density at radius 1 is 1.44 bits per heavy atom. The highest BCUT2D eigenvalue weighted by Crippen LogP contribution is 2.37. The van der Waals surface area contributed by atoms with Gasteiger partial charge in [0.15, 0.2) is 16.7 Å². The Morgan fingerprint density at radius 3 is 2.67 bits per heavy atom. The predicted molar refractivity (Wildman–Crippen MR) is 72.4 cm³/mol. The third kappa shape index (κ3) is 2.37. The van der Waals surface area contributed by atoms with Gasteiger partial charge in [0.1, 0.15) is 6.33 Å². The second-order valence-corrected chi connectivity index (χ2v) is 5.23. The first-order chi connectivity index (χ1) is 8.59. The van der Waals surface area contributed by atoms with Gasteiger partial charge in [-0.25, -0.2) is 9.97 Å². The van der Waals surface area contributed by atoms with Gasteiger partial charge in [0, 0.05) is 12.1 Å². The molecule has 0 bridgehead atoms. The summed E-state index contributed by atoms with van der Waals surface area (Å²) in [6.07, 6.45) is 5.13. The summed E-state index contributed by atoms with van der Waals surface area (Å²) in [6, 6.07) is 0. The van der Waals surface area contributed by atoms with Crippen LogP contribution in [0.15, 0.2) is 6.33 Å². The van der Waals surface area contributed by atoms with Crippen molar-refractivity contribution in [1.29, 1.82) is 0 Å². The van der Waals surface area contributed by atoms with E-state index in [1.165, 1.54) is 25.6 Å². The van der Waals surface area contributed by atoms with Crippen LogP contribution in [-0.4, -0.2) is 48.2 Å². The van der Waals surface area contributed by atoms with Gasteiger partial charge in [0.25, 0.3) is 0 Å². The van der Waals surface area contributed by atoms with Crippen molar-refractivity contribution < 1.29 is 4.74 Å². The van der Waals surface area contributed by atoms with Gasteiger partial charge in [-0.3, -0.25) is 0 Å². The minimum Gasteiger partial charge on any atom is -0.490 e. The summed E-state index contributed by atoms with van der Waals surface area (Å²) >= 11 is 5.96. The summed E-state index contributed by atoms with van der Waals surface area (Å²) in [5.41, 5.74) is 0.225. The van der Waals surface area contributed by atoms with Crippen LogP contribution < -0.4 is 10.1 Å². The number of nitrogens with zero attached hydrogens (tertiary/aromatic N) is 3. The first-order valence-corrected chi connectivity index (χ1v) is 6.43. The molecule has 6 heteroatoms. The number of hydrogen-bond donors (Lipinski definition) is 1. The molecule has 0 aliphatic heterocycles. The van der Waals surface area contributed by atoms with Gasteiger partial charge in [0.2, 0.25) is 0 Å². The minimum absolute atomic E-state index is 0.225. The highest BCUT2D eigenvalue weighted by atomic mass is 35.5. The molecule has 0 saturated heterocycles. The van der Waals surface area contributed by atoms with Crippen molar-refractivity contribution in [1.82, 2.24) is 14.9 Å². The number of nitrogens with one attached hydrogen (secondary N) is 1. The van der Waals surface area contributed by atoms with Crippen LogP contribution in [-0.2, 0) is 0 Å². The number of aromatic nitrogens is 2. The van der Waals surface area contributed by atoms with Crippen molar-refractivity contribution in [3.05, 3.63) is 11.5 Å². The molecule has 1 aliphatic carbocycles. The van der Waals surface area contributed by atoms with Gasteiger partial charge >= 0.3 is 0 Å². The second-order valence-electron chi connectivity index (χ2n) is 4.87. The molecule has 2 rings (SSSR count). The lowest BCUT2D eigenvalue weighted by atomic mass is 9.75. The third-order valence-corrected chi connectivity index (χ3v) is 4.05. The molecule has 100 valence electrons. The maximum Gasteiger partial charge on any atom is 0.198 e. The van der Waals surface area contributed by atoms with Crippen LogP contribution in [0.25, 0.3) is 0 Å². The van der Waals surface area contributed by atoms with E-state index in [9.17, 15) is 0 Å². The van der Waals surface area contributed by atoms with E-state index in [1.807, 2.05) is 0 Å². The zero-order valence-corrected chi connectivity index (χ0v) is 11.8. The standard InChI is InChI=1S/C12H19ClN4O/c1-17(2)12(5-4-6-12)7-14-11-9(18-3)10(13)15-8-16-11/h8H,4-7H2,1-3H3,(H,14,15,16). The van der Waals surface area contributed by atoms with E-state index in [2.05, 4.69) is 34.3 Å². The fourth-order valence-electron chi connectivity index (χ4n) is 2.27. The SMILES string of the molecule is COc1c(Cl)ncnc1NCC1(N(C)C)CCC1. The summed E-state index contributed by atoms with van der Waals surface area (Å²) in [5, 5.41) is 3.66. The summed E-state index contributed by atoms with van der Waals surface area (Å²) in [6.45, 7) is 0.837. The molecule has 1 fully saturated rings. The van der Waals surface area contributed by atoms with E-state index < -0.39 is 0 Å². The van der Waals surface area contributed by atoms with Crippen molar-refractivity contribution in [2.75, 3.05) is 33.1 Å². The van der Waals surface area contributed by atoms with Crippen LogP contribution in [0.2, 0.25) is 5.15 Å². The van der Waals surface area contributed by atoms with E-state index in [4.69, 9.17) is 16.3 Å². The van der Waals surface area contributed by atoms with Crippen LogP contribution >= 0.6 is 11.6 Å². The lowest BCUT2D eigenvalue weighted by Gasteiger charge is -2.47. The average molecular weight is 271 g/mol. The number of hydrogen-bond acceptors (Lipinski definition) is 5. The Hall–Kier alpha value is -1.07. The quantitative estimate of drug-likeness (QED) is 0.830. The van der Waals surface area contributed by atoms with Crippen LogP contribution in [0.1, 0.15) is 19.3 Å². The van der Waals surface area contributed by atoms with Crippen molar-refractivity contribution in [2.24, 2.45) is 0 Å². The molecule has 0 aromatic carbocycles. The maximum atomic E-state index is 5.96. The summed E-state index contributed by atoms with van der Waals surface area (Å²) < 4.78 is 5.22. The van der Waals surface area contributed by atoms with Gasteiger partial charge in [-0.15, -0.1) is 0 Å². The molecule has 0 amide bonds. The Balaban J connectivity index is 2.08. The van der Waals surface area contributed by atoms with Crippen LogP contribution in [0.3, 0.4) is 0 Å². The molecular formula is C12H19ClN4O. The Morgan fingerprint density at radius 2 is 2.17 bits per heavy atom. The molecule has 1 saturated carbocycles. The second kappa shape index (κ2) is 5.28. The molecule has 0 radical (unpaired) electrons. The zero-order chi connectivity index (χ0) is 13.2. The maximum absolute atomic E-state index is 5.96. The van der Waals surface area contributed by atoms with Crippen molar-refractivity contribution in [3.8, 4) is 5.75 Å². The van der Waals surface area contributed by atoms with E-state index in [-0.39, 0.29) is 5.54 Å². The number of halogens is 1. The van der Waals surface area contributed by atoms with Gasteiger partial charge < -0.3 is 15.0 Å². The average Bonchev–Trinajstić information content (AvgIpc) is 2.27. The lowest BCUT2D eigenvalue weighted by molar-refractivity contribution is 0.0738. The molecular weight excluding hydrogens is 252 g/mol. The molecule has 0 atom stereocenters. The third-order valence-electron chi connectivity index (χ3n) is 3.78. The molecule has 18 heavy (non-hydrogen) atoms. The normalized spacial score (nSPS) is 17.4. The van der Waals surface area contributed by atoms with E-state index >= 15 is 0 Å². The van der Waals surface area contributed by atoms with Gasteiger partial charge in [-0.2, -0.15) is 0 Å². The van der Waals surface area contributed by atoms with E-state index in [0.717, 1.165) is 6.54 Å². The Bertz CT molecular complexity index is 421. The fraction of sp³-hybridized carbons (Fsp3) is 0.667. The number of rotatable bonds is 5. The summed E-state index contributed by atoms with van der Waals surface area (Å²) in [5.74, 6) is 1.16. The van der Waals surface area contributed by atoms with Crippen LogP contribution in [0.4, 0.5) is 5.82 Å². The number of methoxy groups -OCH3 is 1. The van der Waals surface area contributed by atoms with Gasteiger partial charge in [-0.05, 0) is 33.4 Å². The Kier molecular flexibility index (Phi) is 3.92. The number of likely N-dealkylation sites (N-methyl/N-ethyl adjacent to an activating group) is 1. The summed E-state index contributed by atoms with van der Waals surface area (Å²) in [7, 11) is 5.80. The molecule has 5 nitrogen and oxygen atoms in total. The highest BCUT2D eigenvalue weighted by molar-refractivity contribution is 6.31. The van der Waals surface area contributed by atoms with Crippen molar-refractivity contribution >= 4 is 17.4 Å². The number of ether oxygens (including phenoxy) is 1. The zero-order valence-electron chi connectivity index (χ0n) is 11.0. The van der Waals surface area contributed by atoms with Crippen LogP contribution in [0, 0.1) is 0 Å². The first-order valence-electron chi connectivity index (χ1n) is 6.05.